The molecule has 0 aliphatic carbocycles. The van der Waals surface area contributed by atoms with Crippen LogP contribution < -0.4 is 5.73 Å². The van der Waals surface area contributed by atoms with Crippen LogP contribution in [0.4, 0.5) is 0 Å². The van der Waals surface area contributed by atoms with Gasteiger partial charge in [-0.3, -0.25) is 0 Å². The first-order valence-corrected chi connectivity index (χ1v) is 7.51. The number of fused-ring (bicyclic) bond motifs is 1. The number of pyridine rings is 1. The highest BCUT2D eigenvalue weighted by Crippen LogP contribution is 2.29. The van der Waals surface area contributed by atoms with Gasteiger partial charge in [-0.15, -0.1) is 0 Å². The number of aromatic nitrogens is 2. The normalized spacial score (nSPS) is 12.7. The zero-order valence-corrected chi connectivity index (χ0v) is 12.6. The second-order valence-corrected chi connectivity index (χ2v) is 5.46. The molecule has 0 radical (unpaired) electrons. The SMILES string of the molecule is CCc1ccc(-c2nc3ccccn3c2C(C)CN)cc1. The van der Waals surface area contributed by atoms with E-state index in [9.17, 15) is 0 Å². The van der Waals surface area contributed by atoms with Gasteiger partial charge in [0.05, 0.1) is 11.4 Å². The fourth-order valence-corrected chi connectivity index (χ4v) is 2.71. The molecule has 0 saturated carbocycles. The molecule has 3 aromatic rings. The van der Waals surface area contributed by atoms with Crippen molar-refractivity contribution in [3.05, 3.63) is 59.9 Å². The minimum atomic E-state index is 0.267. The zero-order valence-electron chi connectivity index (χ0n) is 12.6. The summed E-state index contributed by atoms with van der Waals surface area (Å²) in [5.41, 5.74) is 11.6. The van der Waals surface area contributed by atoms with Crippen LogP contribution in [-0.2, 0) is 6.42 Å². The second-order valence-electron chi connectivity index (χ2n) is 5.46. The number of hydrogen-bond acceptors (Lipinski definition) is 2. The molecule has 1 unspecified atom stereocenters. The second kappa shape index (κ2) is 5.70. The fourth-order valence-electron chi connectivity index (χ4n) is 2.71. The largest absolute Gasteiger partial charge is 0.330 e. The summed E-state index contributed by atoms with van der Waals surface area (Å²) < 4.78 is 2.15. The summed E-state index contributed by atoms with van der Waals surface area (Å²) in [6.07, 6.45) is 3.12. The van der Waals surface area contributed by atoms with Gasteiger partial charge in [0.2, 0.25) is 0 Å². The molecule has 21 heavy (non-hydrogen) atoms. The van der Waals surface area contributed by atoms with E-state index in [2.05, 4.69) is 48.7 Å². The Kier molecular flexibility index (Phi) is 3.76. The van der Waals surface area contributed by atoms with E-state index in [4.69, 9.17) is 10.7 Å². The predicted molar refractivity (Wildman–Crippen MR) is 87.5 cm³/mol. The summed E-state index contributed by atoms with van der Waals surface area (Å²) in [6.45, 7) is 4.94. The molecule has 0 aliphatic rings. The predicted octanol–water partition coefficient (Wildman–Crippen LogP) is 3.63. The van der Waals surface area contributed by atoms with E-state index in [1.54, 1.807) is 0 Å². The molecule has 0 bridgehead atoms. The first-order valence-electron chi connectivity index (χ1n) is 7.51. The third-order valence-electron chi connectivity index (χ3n) is 4.02. The minimum absolute atomic E-state index is 0.267. The van der Waals surface area contributed by atoms with Crippen LogP contribution in [0.2, 0.25) is 0 Å². The Morgan fingerprint density at radius 1 is 1.14 bits per heavy atom. The molecule has 3 heteroatoms. The van der Waals surface area contributed by atoms with Crippen LogP contribution in [0.25, 0.3) is 16.9 Å². The van der Waals surface area contributed by atoms with Crippen LogP contribution >= 0.6 is 0 Å². The molecule has 0 spiro atoms. The van der Waals surface area contributed by atoms with Gasteiger partial charge in [0.15, 0.2) is 0 Å². The molecule has 0 aliphatic heterocycles. The molecule has 2 N–H and O–H groups in total. The smallest absolute Gasteiger partial charge is 0.137 e. The van der Waals surface area contributed by atoms with Crippen molar-refractivity contribution in [2.45, 2.75) is 26.2 Å². The van der Waals surface area contributed by atoms with Gasteiger partial charge in [-0.1, -0.05) is 44.2 Å². The van der Waals surface area contributed by atoms with Gasteiger partial charge < -0.3 is 10.1 Å². The molecule has 3 rings (SSSR count). The van der Waals surface area contributed by atoms with Gasteiger partial charge in [-0.25, -0.2) is 4.98 Å². The van der Waals surface area contributed by atoms with Crippen LogP contribution in [-0.4, -0.2) is 15.9 Å². The van der Waals surface area contributed by atoms with Crippen LogP contribution in [0.3, 0.4) is 0 Å². The Balaban J connectivity index is 2.20. The van der Waals surface area contributed by atoms with E-state index in [-0.39, 0.29) is 5.92 Å². The van der Waals surface area contributed by atoms with Crippen molar-refractivity contribution in [3.63, 3.8) is 0 Å². The van der Waals surface area contributed by atoms with E-state index in [0.29, 0.717) is 6.54 Å². The summed E-state index contributed by atoms with van der Waals surface area (Å²) in [6, 6.07) is 14.8. The van der Waals surface area contributed by atoms with Crippen molar-refractivity contribution in [1.82, 2.24) is 9.38 Å². The molecule has 108 valence electrons. The summed E-state index contributed by atoms with van der Waals surface area (Å²) >= 11 is 0. The average molecular weight is 279 g/mol. The summed E-state index contributed by atoms with van der Waals surface area (Å²) in [7, 11) is 0. The first kappa shape index (κ1) is 13.8. The standard InChI is InChI=1S/C18H21N3/c1-3-14-7-9-15(10-8-14)17-18(13(2)12-19)21-11-5-4-6-16(21)20-17/h4-11,13H,3,12,19H2,1-2H3. The van der Waals surface area contributed by atoms with E-state index in [0.717, 1.165) is 23.3 Å². The highest BCUT2D eigenvalue weighted by Gasteiger charge is 2.18. The van der Waals surface area contributed by atoms with E-state index >= 15 is 0 Å². The lowest BCUT2D eigenvalue weighted by Gasteiger charge is -2.11. The highest BCUT2D eigenvalue weighted by molar-refractivity contribution is 5.67. The van der Waals surface area contributed by atoms with Crippen molar-refractivity contribution >= 4 is 5.65 Å². The third-order valence-corrected chi connectivity index (χ3v) is 4.02. The van der Waals surface area contributed by atoms with Crippen molar-refractivity contribution in [2.24, 2.45) is 5.73 Å². The van der Waals surface area contributed by atoms with Gasteiger partial charge in [0, 0.05) is 24.2 Å². The monoisotopic (exact) mass is 279 g/mol. The number of nitrogens with two attached hydrogens (primary N) is 1. The molecular weight excluding hydrogens is 258 g/mol. The van der Waals surface area contributed by atoms with Crippen molar-refractivity contribution < 1.29 is 0 Å². The van der Waals surface area contributed by atoms with Gasteiger partial charge in [0.25, 0.3) is 0 Å². The van der Waals surface area contributed by atoms with Gasteiger partial charge >= 0.3 is 0 Å². The first-order chi connectivity index (χ1) is 10.2. The fraction of sp³-hybridized carbons (Fsp3) is 0.278. The van der Waals surface area contributed by atoms with Gasteiger partial charge in [-0.05, 0) is 24.1 Å². The Labute approximate surface area is 125 Å². The molecule has 1 aromatic carbocycles. The molecule has 3 nitrogen and oxygen atoms in total. The lowest BCUT2D eigenvalue weighted by atomic mass is 10.0. The van der Waals surface area contributed by atoms with Crippen LogP contribution in [0.5, 0.6) is 0 Å². The average Bonchev–Trinajstić information content (AvgIpc) is 2.93. The minimum Gasteiger partial charge on any atom is -0.330 e. The highest BCUT2D eigenvalue weighted by atomic mass is 15.0. The molecule has 2 aromatic heterocycles. The molecule has 0 amide bonds. The van der Waals surface area contributed by atoms with Crippen LogP contribution in [0, 0.1) is 0 Å². The zero-order chi connectivity index (χ0) is 14.8. The summed E-state index contributed by atoms with van der Waals surface area (Å²) in [4.78, 5) is 4.81. The topological polar surface area (TPSA) is 43.3 Å². The number of imidazole rings is 1. The quantitative estimate of drug-likeness (QED) is 0.792. The van der Waals surface area contributed by atoms with Crippen LogP contribution in [0.1, 0.15) is 31.0 Å². The Morgan fingerprint density at radius 2 is 1.90 bits per heavy atom. The molecule has 2 heterocycles. The van der Waals surface area contributed by atoms with Crippen molar-refractivity contribution in [3.8, 4) is 11.3 Å². The Bertz CT molecular complexity index is 741. The number of aryl methyl sites for hydroxylation is 1. The number of benzene rings is 1. The van der Waals surface area contributed by atoms with E-state index < -0.39 is 0 Å². The molecule has 1 atom stereocenters. The maximum atomic E-state index is 5.91. The van der Waals surface area contributed by atoms with Crippen molar-refractivity contribution in [1.29, 1.82) is 0 Å². The van der Waals surface area contributed by atoms with Crippen molar-refractivity contribution in [2.75, 3.05) is 6.54 Å². The number of hydrogen-bond donors (Lipinski definition) is 1. The lowest BCUT2D eigenvalue weighted by molar-refractivity contribution is 0.738. The molecule has 0 saturated heterocycles. The summed E-state index contributed by atoms with van der Waals surface area (Å²) in [5, 5.41) is 0. The Hall–Kier alpha value is -2.13. The van der Waals surface area contributed by atoms with E-state index in [1.807, 2.05) is 18.2 Å². The molecule has 0 fully saturated rings. The maximum absolute atomic E-state index is 5.91. The lowest BCUT2D eigenvalue weighted by Crippen LogP contribution is -2.12. The van der Waals surface area contributed by atoms with Gasteiger partial charge in [0.1, 0.15) is 5.65 Å². The van der Waals surface area contributed by atoms with E-state index in [1.165, 1.54) is 11.3 Å². The van der Waals surface area contributed by atoms with Crippen LogP contribution in [0.15, 0.2) is 48.7 Å². The Morgan fingerprint density at radius 3 is 2.57 bits per heavy atom. The van der Waals surface area contributed by atoms with Gasteiger partial charge in [-0.2, -0.15) is 0 Å². The third kappa shape index (κ3) is 2.45. The maximum Gasteiger partial charge on any atom is 0.137 e. The number of rotatable bonds is 4. The molecular formula is C18H21N3. The summed E-state index contributed by atoms with van der Waals surface area (Å²) in [5.74, 6) is 0.267. The number of nitrogens with zero attached hydrogens (tertiary/aromatic N) is 2.